The van der Waals surface area contributed by atoms with Crippen molar-refractivity contribution in [1.82, 2.24) is 0 Å². The molecule has 1 spiro atoms. The lowest BCUT2D eigenvalue weighted by Crippen LogP contribution is -2.28. The molecule has 2 fully saturated rings. The van der Waals surface area contributed by atoms with Crippen molar-refractivity contribution in [1.29, 1.82) is 0 Å². The summed E-state index contributed by atoms with van der Waals surface area (Å²) in [5, 5.41) is 0. The Morgan fingerprint density at radius 2 is 1.33 bits per heavy atom. The molecule has 0 amide bonds. The van der Waals surface area contributed by atoms with Crippen molar-refractivity contribution in [3.63, 3.8) is 0 Å². The highest BCUT2D eigenvalue weighted by Crippen LogP contribution is 2.74. The Morgan fingerprint density at radius 1 is 0.857 bits per heavy atom. The molecule has 3 aliphatic rings. The smallest absolute Gasteiger partial charge is 0.00161 e. The first-order valence-corrected chi connectivity index (χ1v) is 9.76. The van der Waals surface area contributed by atoms with Gasteiger partial charge in [-0.3, -0.25) is 0 Å². The largest absolute Gasteiger partial charge is 0.0837 e. The second kappa shape index (κ2) is 10.5. The first-order chi connectivity index (χ1) is 10.1. The van der Waals surface area contributed by atoms with Gasteiger partial charge in [-0.1, -0.05) is 88.3 Å². The molecule has 0 aromatic carbocycles. The molecule has 0 heteroatoms. The molecular weight excluding hydrogens is 252 g/mol. The Morgan fingerprint density at radius 3 is 1.71 bits per heavy atom. The van der Waals surface area contributed by atoms with Gasteiger partial charge < -0.3 is 0 Å². The Hall–Kier alpha value is -0.260. The van der Waals surface area contributed by atoms with E-state index in [0.29, 0.717) is 10.8 Å². The topological polar surface area (TPSA) is 0 Å². The average Bonchev–Trinajstić information content (AvgIpc) is 3.31. The average molecular weight is 297 g/mol. The highest BCUT2D eigenvalue weighted by atomic mass is 14.7. The van der Waals surface area contributed by atoms with Gasteiger partial charge in [0, 0.05) is 0 Å². The fourth-order valence-corrected chi connectivity index (χ4v) is 3.98. The van der Waals surface area contributed by atoms with Gasteiger partial charge in [0.2, 0.25) is 0 Å². The van der Waals surface area contributed by atoms with Gasteiger partial charge >= 0.3 is 0 Å². The van der Waals surface area contributed by atoms with Gasteiger partial charge in [0.15, 0.2) is 0 Å². The van der Waals surface area contributed by atoms with E-state index in [0.717, 1.165) is 17.8 Å². The normalized spacial score (nSPS) is 35.7. The predicted molar refractivity (Wildman–Crippen MR) is 101 cm³/mol. The summed E-state index contributed by atoms with van der Waals surface area (Å²) in [6.07, 6.45) is 9.38. The summed E-state index contributed by atoms with van der Waals surface area (Å²) in [5.41, 5.74) is 1.31. The van der Waals surface area contributed by atoms with Crippen molar-refractivity contribution in [2.45, 2.75) is 95.4 Å². The van der Waals surface area contributed by atoms with Crippen LogP contribution < -0.4 is 0 Å². The summed E-state index contributed by atoms with van der Waals surface area (Å²) in [4.78, 5) is 0. The third-order valence-electron chi connectivity index (χ3n) is 5.08. The summed E-state index contributed by atoms with van der Waals surface area (Å²) in [7, 11) is 0. The molecule has 0 heterocycles. The SMILES string of the molecule is CC.CC.CC.CC.CC1CCC(C)(C)C2CC23C=CC13. The molecule has 128 valence electrons. The molecule has 0 aromatic rings. The minimum absolute atomic E-state index is 0.619. The van der Waals surface area contributed by atoms with E-state index >= 15 is 0 Å². The number of allylic oxidation sites excluding steroid dienone is 2. The fourth-order valence-electron chi connectivity index (χ4n) is 3.98. The first kappa shape index (κ1) is 23.0. The van der Waals surface area contributed by atoms with E-state index in [9.17, 15) is 0 Å². The predicted octanol–water partition coefficient (Wildman–Crippen LogP) is 7.74. The minimum atomic E-state index is 0.619. The third-order valence-corrected chi connectivity index (χ3v) is 5.08. The van der Waals surface area contributed by atoms with E-state index in [1.807, 2.05) is 55.4 Å². The third kappa shape index (κ3) is 4.60. The van der Waals surface area contributed by atoms with Crippen molar-refractivity contribution in [2.75, 3.05) is 0 Å². The Labute approximate surface area is 136 Å². The molecule has 0 aliphatic heterocycles. The highest BCUT2D eigenvalue weighted by molar-refractivity contribution is 5.32. The van der Waals surface area contributed by atoms with Crippen molar-refractivity contribution in [2.24, 2.45) is 28.6 Å². The van der Waals surface area contributed by atoms with Gasteiger partial charge in [0.05, 0.1) is 0 Å². The summed E-state index contributed by atoms with van der Waals surface area (Å²) in [5.74, 6) is 2.90. The molecule has 21 heavy (non-hydrogen) atoms. The lowest BCUT2D eigenvalue weighted by molar-refractivity contribution is 0.247. The van der Waals surface area contributed by atoms with Crippen molar-refractivity contribution < 1.29 is 0 Å². The minimum Gasteiger partial charge on any atom is -0.0837 e. The molecule has 4 atom stereocenters. The maximum atomic E-state index is 2.52. The molecule has 0 nitrogen and oxygen atoms in total. The zero-order chi connectivity index (χ0) is 17.3. The molecule has 0 N–H and O–H groups in total. The van der Waals surface area contributed by atoms with Gasteiger partial charge in [-0.05, 0) is 47.8 Å². The maximum absolute atomic E-state index is 2.52. The monoisotopic (exact) mass is 296 g/mol. The Balaban J connectivity index is 0. The van der Waals surface area contributed by atoms with Gasteiger partial charge in [-0.15, -0.1) is 0 Å². The molecule has 0 saturated heterocycles. The zero-order valence-corrected chi connectivity index (χ0v) is 17.0. The lowest BCUT2D eigenvalue weighted by atomic mass is 9.70. The number of rotatable bonds is 0. The zero-order valence-electron chi connectivity index (χ0n) is 17.0. The van der Waals surface area contributed by atoms with Gasteiger partial charge in [-0.2, -0.15) is 0 Å². The van der Waals surface area contributed by atoms with Crippen LogP contribution in [0.5, 0.6) is 0 Å². The summed E-state index contributed by atoms with van der Waals surface area (Å²) in [6.45, 7) is 23.4. The maximum Gasteiger partial charge on any atom is -0.00161 e. The van der Waals surface area contributed by atoms with Crippen LogP contribution in [0.4, 0.5) is 0 Å². The molecule has 4 unspecified atom stereocenters. The van der Waals surface area contributed by atoms with Crippen LogP contribution in [-0.4, -0.2) is 0 Å². The van der Waals surface area contributed by atoms with Gasteiger partial charge in [0.1, 0.15) is 0 Å². The van der Waals surface area contributed by atoms with Crippen LogP contribution in [0.25, 0.3) is 0 Å². The first-order valence-electron chi connectivity index (χ1n) is 9.76. The van der Waals surface area contributed by atoms with Crippen LogP contribution in [0.2, 0.25) is 0 Å². The standard InChI is InChI=1S/C13H20.4C2H6/c1-9-4-6-12(2,3)11-8-13(11)7-5-10(9)13;4*1-2/h5,7,9-11H,4,6,8H2,1-3H3;4*1-2H3. The van der Waals surface area contributed by atoms with E-state index in [2.05, 4.69) is 32.9 Å². The van der Waals surface area contributed by atoms with Crippen LogP contribution in [0.15, 0.2) is 12.2 Å². The summed E-state index contributed by atoms with van der Waals surface area (Å²) < 4.78 is 0. The highest BCUT2D eigenvalue weighted by Gasteiger charge is 2.66. The quantitative estimate of drug-likeness (QED) is 0.401. The van der Waals surface area contributed by atoms with Crippen LogP contribution in [0.3, 0.4) is 0 Å². The molecule has 0 aromatic heterocycles. The molecule has 3 aliphatic carbocycles. The van der Waals surface area contributed by atoms with Crippen molar-refractivity contribution in [3.05, 3.63) is 12.2 Å². The van der Waals surface area contributed by atoms with Crippen LogP contribution in [0, 0.1) is 28.6 Å². The lowest BCUT2D eigenvalue weighted by Gasteiger charge is -2.35. The van der Waals surface area contributed by atoms with Crippen LogP contribution in [-0.2, 0) is 0 Å². The van der Waals surface area contributed by atoms with Gasteiger partial charge in [-0.25, -0.2) is 0 Å². The fraction of sp³-hybridized carbons (Fsp3) is 0.905. The summed E-state index contributed by atoms with van der Waals surface area (Å²) >= 11 is 0. The second-order valence-corrected chi connectivity index (χ2v) is 6.26. The molecule has 3 rings (SSSR count). The molecule has 2 saturated carbocycles. The van der Waals surface area contributed by atoms with E-state index in [1.165, 1.54) is 19.3 Å². The Bertz CT molecular complexity index is 274. The van der Waals surface area contributed by atoms with Crippen LogP contribution >= 0.6 is 0 Å². The van der Waals surface area contributed by atoms with Crippen molar-refractivity contribution in [3.8, 4) is 0 Å². The Kier molecular flexibility index (Phi) is 11.5. The summed E-state index contributed by atoms with van der Waals surface area (Å²) in [6, 6.07) is 0. The molecule has 0 bridgehead atoms. The van der Waals surface area contributed by atoms with E-state index in [-0.39, 0.29) is 0 Å². The van der Waals surface area contributed by atoms with Crippen molar-refractivity contribution >= 4 is 0 Å². The second-order valence-electron chi connectivity index (χ2n) is 6.26. The number of hydrogen-bond donors (Lipinski definition) is 0. The van der Waals surface area contributed by atoms with E-state index in [4.69, 9.17) is 0 Å². The molecular formula is C21H44. The van der Waals surface area contributed by atoms with E-state index < -0.39 is 0 Å². The number of hydrogen-bond acceptors (Lipinski definition) is 0. The molecule has 0 radical (unpaired) electrons. The van der Waals surface area contributed by atoms with Gasteiger partial charge in [0.25, 0.3) is 0 Å². The van der Waals surface area contributed by atoms with Crippen LogP contribution in [0.1, 0.15) is 95.4 Å². The van der Waals surface area contributed by atoms with E-state index in [1.54, 1.807) is 0 Å².